The van der Waals surface area contributed by atoms with Gasteiger partial charge in [-0.15, -0.1) is 6.58 Å². The van der Waals surface area contributed by atoms with E-state index in [1.807, 2.05) is 30.3 Å². The summed E-state index contributed by atoms with van der Waals surface area (Å²) >= 11 is 0. The molecule has 152 valence electrons. The Labute approximate surface area is 166 Å². The number of fused-ring (bicyclic) bond motifs is 1. The molecule has 2 heterocycles. The van der Waals surface area contributed by atoms with Crippen molar-refractivity contribution >= 4 is 17.1 Å². The van der Waals surface area contributed by atoms with Gasteiger partial charge in [-0.2, -0.15) is 0 Å². The molecule has 1 N–H and O–H groups in total. The van der Waals surface area contributed by atoms with Crippen LogP contribution < -0.4 is 16.6 Å². The summed E-state index contributed by atoms with van der Waals surface area (Å²) in [5.74, 6) is -0.447. The largest absolute Gasteiger partial charge is 0.383 e. The van der Waals surface area contributed by atoms with Gasteiger partial charge in [-0.25, -0.2) is 14.3 Å². The maximum absolute atomic E-state index is 13.1. The van der Waals surface area contributed by atoms with Gasteiger partial charge >= 0.3 is 5.69 Å². The zero-order valence-electron chi connectivity index (χ0n) is 16.2. The number of methoxy groups -OCH3 is 1. The molecule has 0 aliphatic heterocycles. The van der Waals surface area contributed by atoms with Crippen molar-refractivity contribution in [3.05, 3.63) is 75.7 Å². The normalized spacial score (nSPS) is 10.9. The average Bonchev–Trinajstić information content (AvgIpc) is 3.16. The lowest BCUT2D eigenvalue weighted by Gasteiger charge is -2.12. The van der Waals surface area contributed by atoms with E-state index in [1.165, 1.54) is 17.0 Å². The third kappa shape index (κ3) is 4.35. The van der Waals surface area contributed by atoms with Crippen LogP contribution in [0.25, 0.3) is 11.2 Å². The molecule has 1 amide bonds. The maximum Gasteiger partial charge on any atom is 0.333 e. The standard InChI is InChI=1S/C20H23N5O4/c1-3-9-21-16(26)13-25-19(27)17-18(22-14-23(17)10-11-29-2)24(20(25)28)12-15-7-5-4-6-8-15/h3-8,14H,1,9-13H2,2H3,(H,21,26). The van der Waals surface area contributed by atoms with Crippen LogP contribution in [0.1, 0.15) is 5.56 Å². The highest BCUT2D eigenvalue weighted by Crippen LogP contribution is 2.09. The molecule has 0 fully saturated rings. The van der Waals surface area contributed by atoms with Gasteiger partial charge in [-0.05, 0) is 5.56 Å². The monoisotopic (exact) mass is 397 g/mol. The first-order valence-electron chi connectivity index (χ1n) is 9.15. The molecule has 0 unspecified atom stereocenters. The Bertz CT molecular complexity index is 1130. The third-order valence-electron chi connectivity index (χ3n) is 4.45. The minimum absolute atomic E-state index is 0.228. The molecule has 3 rings (SSSR count). The molecule has 0 atom stereocenters. The van der Waals surface area contributed by atoms with Crippen molar-refractivity contribution in [1.29, 1.82) is 0 Å². The minimum Gasteiger partial charge on any atom is -0.383 e. The Morgan fingerprint density at radius 2 is 2.00 bits per heavy atom. The number of amides is 1. The second-order valence-electron chi connectivity index (χ2n) is 6.44. The average molecular weight is 397 g/mol. The highest BCUT2D eigenvalue weighted by atomic mass is 16.5. The molecule has 0 saturated heterocycles. The van der Waals surface area contributed by atoms with E-state index in [0.29, 0.717) is 13.2 Å². The number of imidazole rings is 1. The summed E-state index contributed by atoms with van der Waals surface area (Å²) in [5.41, 5.74) is 0.272. The predicted octanol–water partition coefficient (Wildman–Crippen LogP) is 0.357. The van der Waals surface area contributed by atoms with Crippen LogP contribution in [0, 0.1) is 0 Å². The quantitative estimate of drug-likeness (QED) is 0.526. The summed E-state index contributed by atoms with van der Waals surface area (Å²) in [6.45, 7) is 4.41. The molecule has 9 nitrogen and oxygen atoms in total. The molecule has 0 aliphatic rings. The first-order chi connectivity index (χ1) is 14.1. The molecule has 29 heavy (non-hydrogen) atoms. The fraction of sp³-hybridized carbons (Fsp3) is 0.300. The van der Waals surface area contributed by atoms with Crippen molar-refractivity contribution in [3.8, 4) is 0 Å². The lowest BCUT2D eigenvalue weighted by molar-refractivity contribution is -0.121. The highest BCUT2D eigenvalue weighted by molar-refractivity contribution is 5.76. The second-order valence-corrected chi connectivity index (χ2v) is 6.44. The van der Waals surface area contributed by atoms with Gasteiger partial charge in [-0.3, -0.25) is 14.2 Å². The van der Waals surface area contributed by atoms with Crippen molar-refractivity contribution in [2.45, 2.75) is 19.6 Å². The molecular formula is C20H23N5O4. The lowest BCUT2D eigenvalue weighted by Crippen LogP contribution is -2.44. The van der Waals surface area contributed by atoms with Crippen molar-refractivity contribution < 1.29 is 9.53 Å². The van der Waals surface area contributed by atoms with Gasteiger partial charge in [-0.1, -0.05) is 36.4 Å². The molecule has 3 aromatic rings. The number of hydrogen-bond acceptors (Lipinski definition) is 5. The molecule has 1 aromatic carbocycles. The Morgan fingerprint density at radius 3 is 2.69 bits per heavy atom. The van der Waals surface area contributed by atoms with Crippen LogP contribution in [0.3, 0.4) is 0 Å². The van der Waals surface area contributed by atoms with Crippen molar-refractivity contribution in [1.82, 2.24) is 24.0 Å². The number of aromatic nitrogens is 4. The Hall–Kier alpha value is -3.46. The number of carbonyl (C=O) groups is 1. The second kappa shape index (κ2) is 9.16. The van der Waals surface area contributed by atoms with Crippen LogP contribution in [-0.2, 0) is 29.2 Å². The van der Waals surface area contributed by atoms with Gasteiger partial charge in [0.25, 0.3) is 5.56 Å². The van der Waals surface area contributed by atoms with E-state index in [4.69, 9.17) is 4.74 Å². The summed E-state index contributed by atoms with van der Waals surface area (Å²) in [6, 6.07) is 9.38. The number of rotatable bonds is 9. The van der Waals surface area contributed by atoms with Crippen LogP contribution in [-0.4, -0.2) is 44.9 Å². The zero-order valence-corrected chi connectivity index (χ0v) is 16.2. The van der Waals surface area contributed by atoms with Gasteiger partial charge in [0, 0.05) is 20.2 Å². The molecule has 2 aromatic heterocycles. The molecule has 0 radical (unpaired) electrons. The smallest absolute Gasteiger partial charge is 0.333 e. The molecule has 0 bridgehead atoms. The van der Waals surface area contributed by atoms with Gasteiger partial charge in [0.2, 0.25) is 5.91 Å². The summed E-state index contributed by atoms with van der Waals surface area (Å²) in [6.07, 6.45) is 3.03. The molecule has 0 aliphatic carbocycles. The molecule has 0 spiro atoms. The fourth-order valence-electron chi connectivity index (χ4n) is 3.03. The predicted molar refractivity (Wildman–Crippen MR) is 109 cm³/mol. The summed E-state index contributed by atoms with van der Waals surface area (Å²) in [4.78, 5) is 42.6. The number of nitrogens with zero attached hydrogens (tertiary/aromatic N) is 4. The first-order valence-corrected chi connectivity index (χ1v) is 9.15. The Morgan fingerprint density at radius 1 is 1.24 bits per heavy atom. The Kier molecular flexibility index (Phi) is 6.40. The van der Waals surface area contributed by atoms with Crippen molar-refractivity contribution in [2.75, 3.05) is 20.3 Å². The number of nitrogens with one attached hydrogen (secondary N) is 1. The summed E-state index contributed by atoms with van der Waals surface area (Å²) in [5, 5.41) is 2.59. The maximum atomic E-state index is 13.1. The number of ether oxygens (including phenoxy) is 1. The summed E-state index contributed by atoms with van der Waals surface area (Å²) in [7, 11) is 1.56. The summed E-state index contributed by atoms with van der Waals surface area (Å²) < 4.78 is 9.08. The van der Waals surface area contributed by atoms with E-state index in [1.54, 1.807) is 11.7 Å². The van der Waals surface area contributed by atoms with E-state index in [-0.39, 0.29) is 30.8 Å². The molecule has 0 saturated carbocycles. The van der Waals surface area contributed by atoms with E-state index >= 15 is 0 Å². The van der Waals surface area contributed by atoms with E-state index in [0.717, 1.165) is 10.1 Å². The van der Waals surface area contributed by atoms with Crippen LogP contribution >= 0.6 is 0 Å². The van der Waals surface area contributed by atoms with Crippen LogP contribution in [0.2, 0.25) is 0 Å². The molecular weight excluding hydrogens is 374 g/mol. The highest BCUT2D eigenvalue weighted by Gasteiger charge is 2.19. The zero-order chi connectivity index (χ0) is 20.8. The van der Waals surface area contributed by atoms with E-state index in [9.17, 15) is 14.4 Å². The van der Waals surface area contributed by atoms with Crippen LogP contribution in [0.5, 0.6) is 0 Å². The Balaban J connectivity index is 2.15. The van der Waals surface area contributed by atoms with Crippen LogP contribution in [0.15, 0.2) is 58.9 Å². The topological polar surface area (TPSA) is 100 Å². The van der Waals surface area contributed by atoms with Gasteiger partial charge in [0.1, 0.15) is 6.54 Å². The van der Waals surface area contributed by atoms with Gasteiger partial charge in [0.15, 0.2) is 11.2 Å². The molecule has 9 heteroatoms. The van der Waals surface area contributed by atoms with Crippen molar-refractivity contribution in [3.63, 3.8) is 0 Å². The van der Waals surface area contributed by atoms with Gasteiger partial charge in [0.05, 0.1) is 19.5 Å². The number of carbonyl (C=O) groups excluding carboxylic acids is 1. The van der Waals surface area contributed by atoms with Crippen molar-refractivity contribution in [2.24, 2.45) is 0 Å². The number of benzene rings is 1. The fourth-order valence-corrected chi connectivity index (χ4v) is 3.03. The first kappa shape index (κ1) is 20.3. The van der Waals surface area contributed by atoms with Gasteiger partial charge < -0.3 is 14.6 Å². The third-order valence-corrected chi connectivity index (χ3v) is 4.45. The van der Waals surface area contributed by atoms with E-state index in [2.05, 4.69) is 16.9 Å². The number of hydrogen-bond donors (Lipinski definition) is 1. The lowest BCUT2D eigenvalue weighted by atomic mass is 10.2. The van der Waals surface area contributed by atoms with Crippen LogP contribution in [0.4, 0.5) is 0 Å². The minimum atomic E-state index is -0.586. The SMILES string of the molecule is C=CCNC(=O)Cn1c(=O)c2c(ncn2CCOC)n(Cc2ccccc2)c1=O. The van der Waals surface area contributed by atoms with E-state index < -0.39 is 17.2 Å².